The van der Waals surface area contributed by atoms with Crippen LogP contribution in [0.3, 0.4) is 0 Å². The van der Waals surface area contributed by atoms with Crippen molar-refractivity contribution in [2.45, 2.75) is 13.8 Å². The summed E-state index contributed by atoms with van der Waals surface area (Å²) < 4.78 is 13.6. The minimum Gasteiger partial charge on any atom is -0.376 e. The highest BCUT2D eigenvalue weighted by molar-refractivity contribution is 5.97. The molecule has 0 unspecified atom stereocenters. The summed E-state index contributed by atoms with van der Waals surface area (Å²) in [5, 5.41) is 7.14. The molecular formula is C13H17FN4O3. The second-order valence-electron chi connectivity index (χ2n) is 4.26. The predicted molar refractivity (Wildman–Crippen MR) is 75.4 cm³/mol. The Hall–Kier alpha value is -2.64. The van der Waals surface area contributed by atoms with Crippen LogP contribution in [-0.4, -0.2) is 30.9 Å². The number of rotatable bonds is 5. The molecular weight excluding hydrogens is 279 g/mol. The lowest BCUT2D eigenvalue weighted by Gasteiger charge is -2.11. The van der Waals surface area contributed by atoms with Gasteiger partial charge >= 0.3 is 6.03 Å². The second-order valence-corrected chi connectivity index (χ2v) is 4.26. The molecule has 21 heavy (non-hydrogen) atoms. The lowest BCUT2D eigenvalue weighted by atomic mass is 10.1. The minimum atomic E-state index is -0.774. The molecule has 0 heterocycles. The van der Waals surface area contributed by atoms with Crippen LogP contribution in [-0.2, 0) is 4.79 Å². The van der Waals surface area contributed by atoms with Crippen molar-refractivity contribution in [1.82, 2.24) is 10.6 Å². The molecule has 0 aromatic heterocycles. The molecule has 4 amide bonds. The van der Waals surface area contributed by atoms with Gasteiger partial charge in [-0.15, -0.1) is 0 Å². The molecule has 0 aliphatic carbocycles. The van der Waals surface area contributed by atoms with Crippen LogP contribution in [0.5, 0.6) is 0 Å². The van der Waals surface area contributed by atoms with Gasteiger partial charge in [0.1, 0.15) is 5.82 Å². The van der Waals surface area contributed by atoms with Crippen LogP contribution in [0.2, 0.25) is 0 Å². The molecule has 0 saturated carbocycles. The monoisotopic (exact) mass is 296 g/mol. The highest BCUT2D eigenvalue weighted by Crippen LogP contribution is 2.20. The summed E-state index contributed by atoms with van der Waals surface area (Å²) in [6, 6.07) is 1.76. The average Bonchev–Trinajstić information content (AvgIpc) is 2.40. The third kappa shape index (κ3) is 4.75. The maximum atomic E-state index is 13.6. The number of amides is 4. The van der Waals surface area contributed by atoms with E-state index in [0.29, 0.717) is 6.54 Å². The Morgan fingerprint density at radius 1 is 1.29 bits per heavy atom. The van der Waals surface area contributed by atoms with Crippen LogP contribution < -0.4 is 21.7 Å². The number of hydrogen-bond acceptors (Lipinski definition) is 4. The maximum Gasteiger partial charge on any atom is 0.321 e. The van der Waals surface area contributed by atoms with E-state index in [0.717, 1.165) is 6.07 Å². The van der Waals surface area contributed by atoms with Gasteiger partial charge < -0.3 is 16.4 Å². The van der Waals surface area contributed by atoms with E-state index in [9.17, 15) is 18.8 Å². The molecule has 0 saturated heterocycles. The van der Waals surface area contributed by atoms with Crippen molar-refractivity contribution in [1.29, 1.82) is 0 Å². The molecule has 114 valence electrons. The zero-order chi connectivity index (χ0) is 16.0. The van der Waals surface area contributed by atoms with E-state index in [1.807, 2.05) is 0 Å². The van der Waals surface area contributed by atoms with E-state index in [1.54, 1.807) is 6.92 Å². The van der Waals surface area contributed by atoms with Crippen molar-refractivity contribution in [3.05, 3.63) is 29.1 Å². The summed E-state index contributed by atoms with van der Waals surface area (Å²) in [5.41, 5.74) is 5.58. The quantitative estimate of drug-likeness (QED) is 0.633. The summed E-state index contributed by atoms with van der Waals surface area (Å²) >= 11 is 0. The van der Waals surface area contributed by atoms with Gasteiger partial charge in [-0.2, -0.15) is 0 Å². The Morgan fingerprint density at radius 3 is 2.52 bits per heavy atom. The Morgan fingerprint density at radius 2 is 1.95 bits per heavy atom. The van der Waals surface area contributed by atoms with Gasteiger partial charge in [0.25, 0.3) is 0 Å². The number of hydrogen-bond donors (Lipinski definition) is 4. The number of benzene rings is 1. The first-order valence-corrected chi connectivity index (χ1v) is 6.26. The summed E-state index contributed by atoms with van der Waals surface area (Å²) in [4.78, 5) is 33.7. The van der Waals surface area contributed by atoms with E-state index in [2.05, 4.69) is 16.0 Å². The fraction of sp³-hybridized carbons (Fsp3) is 0.308. The molecule has 0 spiro atoms. The first-order chi connectivity index (χ1) is 9.85. The maximum absolute atomic E-state index is 13.6. The molecule has 1 aromatic carbocycles. The molecule has 8 heteroatoms. The van der Waals surface area contributed by atoms with Gasteiger partial charge in [0.05, 0.1) is 6.54 Å². The lowest BCUT2D eigenvalue weighted by Crippen LogP contribution is -2.41. The number of nitrogens with two attached hydrogens (primary N) is 1. The zero-order valence-corrected chi connectivity index (χ0v) is 11.7. The molecule has 0 bridgehead atoms. The van der Waals surface area contributed by atoms with Gasteiger partial charge in [-0.3, -0.25) is 14.9 Å². The van der Waals surface area contributed by atoms with Crippen LogP contribution in [0.4, 0.5) is 14.9 Å². The smallest absolute Gasteiger partial charge is 0.321 e. The standard InChI is InChI=1S/C13H17FN4O3/c1-3-16-13(21)18-11(19)6-17-10-5-8(12(15)20)4-9(14)7(10)2/h4-5,17H,3,6H2,1-2H3,(H2,15,20)(H2,16,18,19,21). The van der Waals surface area contributed by atoms with E-state index in [4.69, 9.17) is 5.73 Å². The van der Waals surface area contributed by atoms with Gasteiger partial charge in [0, 0.05) is 23.4 Å². The molecule has 5 N–H and O–H groups in total. The van der Waals surface area contributed by atoms with Crippen molar-refractivity contribution in [2.24, 2.45) is 5.73 Å². The van der Waals surface area contributed by atoms with Crippen molar-refractivity contribution in [3.8, 4) is 0 Å². The van der Waals surface area contributed by atoms with Crippen LogP contribution in [0.25, 0.3) is 0 Å². The molecule has 7 nitrogen and oxygen atoms in total. The molecule has 1 aromatic rings. The number of carbonyl (C=O) groups is 3. The highest BCUT2D eigenvalue weighted by Gasteiger charge is 2.12. The van der Waals surface area contributed by atoms with Crippen molar-refractivity contribution < 1.29 is 18.8 Å². The number of carbonyl (C=O) groups excluding carboxylic acids is 3. The van der Waals surface area contributed by atoms with Crippen LogP contribution >= 0.6 is 0 Å². The van der Waals surface area contributed by atoms with Crippen LogP contribution in [0.1, 0.15) is 22.8 Å². The van der Waals surface area contributed by atoms with Crippen molar-refractivity contribution in [3.63, 3.8) is 0 Å². The third-order valence-electron chi connectivity index (χ3n) is 2.66. The zero-order valence-electron chi connectivity index (χ0n) is 11.7. The Kier molecular flexibility index (Phi) is 5.65. The molecule has 0 radical (unpaired) electrons. The predicted octanol–water partition coefficient (Wildman–Crippen LogP) is 0.491. The number of anilines is 1. The fourth-order valence-electron chi connectivity index (χ4n) is 1.56. The normalized spacial score (nSPS) is 9.86. The van der Waals surface area contributed by atoms with E-state index < -0.39 is 23.7 Å². The van der Waals surface area contributed by atoms with E-state index >= 15 is 0 Å². The van der Waals surface area contributed by atoms with Crippen molar-refractivity contribution >= 4 is 23.5 Å². The number of primary amides is 1. The summed E-state index contributed by atoms with van der Waals surface area (Å²) in [6.07, 6.45) is 0. The van der Waals surface area contributed by atoms with Gasteiger partial charge in [0.15, 0.2) is 0 Å². The van der Waals surface area contributed by atoms with Gasteiger partial charge in [-0.05, 0) is 26.0 Å². The van der Waals surface area contributed by atoms with Crippen LogP contribution in [0.15, 0.2) is 12.1 Å². The summed E-state index contributed by atoms with van der Waals surface area (Å²) in [6.45, 7) is 3.34. The molecule has 0 aliphatic rings. The SMILES string of the molecule is CCNC(=O)NC(=O)CNc1cc(C(N)=O)cc(F)c1C. The second kappa shape index (κ2) is 7.22. The summed E-state index contributed by atoms with van der Waals surface area (Å²) in [5.74, 6) is -1.98. The van der Waals surface area contributed by atoms with Gasteiger partial charge in [-0.1, -0.05) is 0 Å². The molecule has 0 aliphatic heterocycles. The van der Waals surface area contributed by atoms with E-state index in [-0.39, 0.29) is 23.4 Å². The number of imide groups is 1. The van der Waals surface area contributed by atoms with Crippen LogP contribution in [0, 0.1) is 12.7 Å². The van der Waals surface area contributed by atoms with Crippen molar-refractivity contribution in [2.75, 3.05) is 18.4 Å². The van der Waals surface area contributed by atoms with Gasteiger partial charge in [0.2, 0.25) is 11.8 Å². The largest absolute Gasteiger partial charge is 0.376 e. The first-order valence-electron chi connectivity index (χ1n) is 6.26. The highest BCUT2D eigenvalue weighted by atomic mass is 19.1. The Labute approximate surface area is 121 Å². The Balaban J connectivity index is 2.73. The fourth-order valence-corrected chi connectivity index (χ4v) is 1.56. The lowest BCUT2D eigenvalue weighted by molar-refractivity contribution is -0.118. The minimum absolute atomic E-state index is 0.00951. The number of nitrogens with one attached hydrogen (secondary N) is 3. The third-order valence-corrected chi connectivity index (χ3v) is 2.66. The molecule has 0 fully saturated rings. The average molecular weight is 296 g/mol. The first kappa shape index (κ1) is 16.4. The Bertz CT molecular complexity index is 575. The number of urea groups is 1. The van der Waals surface area contributed by atoms with Gasteiger partial charge in [-0.25, -0.2) is 9.18 Å². The number of halogens is 1. The molecule has 1 rings (SSSR count). The van der Waals surface area contributed by atoms with E-state index in [1.165, 1.54) is 13.0 Å². The molecule has 0 atom stereocenters. The topological polar surface area (TPSA) is 113 Å². The summed E-state index contributed by atoms with van der Waals surface area (Å²) in [7, 11) is 0.